The van der Waals surface area contributed by atoms with E-state index in [9.17, 15) is 0 Å². The monoisotopic (exact) mass is 365 g/mol. The fraction of sp³-hybridized carbons (Fsp3) is 0.647. The highest BCUT2D eigenvalue weighted by atomic mass is 32.2. The van der Waals surface area contributed by atoms with Crippen LogP contribution < -0.4 is 9.80 Å². The van der Waals surface area contributed by atoms with Crippen LogP contribution in [-0.2, 0) is 12.8 Å². The largest absolute Gasteiger partial charge is 0.391 e. The number of hydrogen-bond acceptors (Lipinski definition) is 6. The van der Waals surface area contributed by atoms with E-state index < -0.39 is 0 Å². The Hall–Kier alpha value is -0.890. The molecule has 0 radical (unpaired) electrons. The van der Waals surface area contributed by atoms with Gasteiger partial charge in [-0.2, -0.15) is 0 Å². The van der Waals surface area contributed by atoms with Gasteiger partial charge in [0, 0.05) is 4.88 Å². The van der Waals surface area contributed by atoms with Gasteiger partial charge in [-0.1, -0.05) is 11.8 Å². The third-order valence-electron chi connectivity index (χ3n) is 5.17. The van der Waals surface area contributed by atoms with Gasteiger partial charge in [0.15, 0.2) is 11.0 Å². The first kappa shape index (κ1) is 16.6. The van der Waals surface area contributed by atoms with Gasteiger partial charge in [-0.25, -0.2) is 9.97 Å². The van der Waals surface area contributed by atoms with Crippen LogP contribution >= 0.6 is 23.1 Å². The SMILES string of the molecule is CSc1nc(N2CC[NH+](CCO)CC2)c2sc3c(c2n1)CCCC3. The first-order valence-electron chi connectivity index (χ1n) is 8.86. The molecule has 24 heavy (non-hydrogen) atoms. The molecule has 1 saturated heterocycles. The molecule has 1 aliphatic heterocycles. The molecule has 4 rings (SSSR count). The Bertz CT molecular complexity index is 725. The lowest BCUT2D eigenvalue weighted by Gasteiger charge is -2.32. The molecule has 0 atom stereocenters. The normalized spacial score (nSPS) is 19.0. The minimum Gasteiger partial charge on any atom is -0.391 e. The quantitative estimate of drug-likeness (QED) is 0.625. The molecule has 1 fully saturated rings. The van der Waals surface area contributed by atoms with Crippen LogP contribution in [0.15, 0.2) is 5.16 Å². The Morgan fingerprint density at radius 1 is 1.21 bits per heavy atom. The third kappa shape index (κ3) is 3.03. The highest BCUT2D eigenvalue weighted by Crippen LogP contribution is 2.40. The lowest BCUT2D eigenvalue weighted by atomic mass is 9.98. The highest BCUT2D eigenvalue weighted by Gasteiger charge is 2.26. The molecule has 0 spiro atoms. The molecule has 1 aliphatic carbocycles. The van der Waals surface area contributed by atoms with Crippen LogP contribution in [0.4, 0.5) is 5.82 Å². The number of aliphatic hydroxyl groups excluding tert-OH is 1. The van der Waals surface area contributed by atoms with Crippen molar-refractivity contribution in [3.63, 3.8) is 0 Å². The van der Waals surface area contributed by atoms with Crippen LogP contribution in [0.2, 0.25) is 0 Å². The lowest BCUT2D eigenvalue weighted by molar-refractivity contribution is -0.900. The van der Waals surface area contributed by atoms with Crippen LogP contribution in [0.1, 0.15) is 23.3 Å². The Balaban J connectivity index is 1.70. The van der Waals surface area contributed by atoms with Gasteiger partial charge in [0.1, 0.15) is 6.54 Å². The molecule has 2 N–H and O–H groups in total. The number of piperazine rings is 1. The smallest absolute Gasteiger partial charge is 0.189 e. The molecule has 7 heteroatoms. The zero-order chi connectivity index (χ0) is 16.5. The molecule has 2 aromatic heterocycles. The van der Waals surface area contributed by atoms with E-state index >= 15 is 0 Å². The fourth-order valence-electron chi connectivity index (χ4n) is 3.83. The fourth-order valence-corrected chi connectivity index (χ4v) is 5.54. The number of anilines is 1. The Labute approximate surface area is 151 Å². The second-order valence-corrected chi connectivity index (χ2v) is 8.51. The molecule has 5 nitrogen and oxygen atoms in total. The predicted octanol–water partition coefficient (Wildman–Crippen LogP) is 0.989. The minimum absolute atomic E-state index is 0.279. The van der Waals surface area contributed by atoms with E-state index in [-0.39, 0.29) is 6.61 Å². The molecule has 3 heterocycles. The van der Waals surface area contributed by atoms with Crippen molar-refractivity contribution < 1.29 is 10.0 Å². The highest BCUT2D eigenvalue weighted by molar-refractivity contribution is 7.98. The average Bonchev–Trinajstić information content (AvgIpc) is 3.00. The number of nitrogens with zero attached hydrogens (tertiary/aromatic N) is 3. The topological polar surface area (TPSA) is 53.7 Å². The Morgan fingerprint density at radius 2 is 2.00 bits per heavy atom. The van der Waals surface area contributed by atoms with Crippen LogP contribution in [0.25, 0.3) is 10.2 Å². The van der Waals surface area contributed by atoms with Crippen molar-refractivity contribution in [3.05, 3.63) is 10.4 Å². The van der Waals surface area contributed by atoms with Crippen molar-refractivity contribution in [1.82, 2.24) is 9.97 Å². The number of nitrogens with one attached hydrogen (secondary N) is 1. The molecule has 2 aliphatic rings. The second-order valence-electron chi connectivity index (χ2n) is 6.63. The number of quaternary nitrogens is 1. The molecule has 2 aromatic rings. The van der Waals surface area contributed by atoms with Gasteiger partial charge in [-0.3, -0.25) is 0 Å². The van der Waals surface area contributed by atoms with E-state index in [1.807, 2.05) is 11.3 Å². The number of thiophene rings is 1. The van der Waals surface area contributed by atoms with E-state index in [0.717, 1.165) is 43.7 Å². The van der Waals surface area contributed by atoms with Gasteiger partial charge in [-0.05, 0) is 37.5 Å². The molecule has 0 bridgehead atoms. The van der Waals surface area contributed by atoms with Crippen LogP contribution in [0, 0.1) is 0 Å². The van der Waals surface area contributed by atoms with Crippen molar-refractivity contribution >= 4 is 39.1 Å². The number of hydrogen-bond donors (Lipinski definition) is 2. The van der Waals surface area contributed by atoms with E-state index in [2.05, 4.69) is 11.2 Å². The molecular formula is C17H25N4OS2+. The number of thioether (sulfide) groups is 1. The van der Waals surface area contributed by atoms with E-state index in [4.69, 9.17) is 15.1 Å². The maximum atomic E-state index is 9.15. The second kappa shape index (κ2) is 7.15. The van der Waals surface area contributed by atoms with Crippen molar-refractivity contribution in [2.45, 2.75) is 30.8 Å². The van der Waals surface area contributed by atoms with E-state index in [1.165, 1.54) is 51.2 Å². The van der Waals surface area contributed by atoms with Crippen molar-refractivity contribution in [2.24, 2.45) is 0 Å². The van der Waals surface area contributed by atoms with E-state index in [0.29, 0.717) is 0 Å². The molecule has 130 valence electrons. The predicted molar refractivity (Wildman–Crippen MR) is 101 cm³/mol. The standard InChI is InChI=1S/C17H24N4OS2/c1-23-17-18-14-12-4-2-3-5-13(12)24-15(14)16(19-17)21-8-6-20(7-9-21)10-11-22/h22H,2-11H2,1H3/p+1. The molecular weight excluding hydrogens is 340 g/mol. The molecule has 0 amide bonds. The molecule has 0 aromatic carbocycles. The zero-order valence-corrected chi connectivity index (χ0v) is 15.8. The number of aromatic nitrogens is 2. The van der Waals surface area contributed by atoms with Crippen LogP contribution in [-0.4, -0.2) is 60.7 Å². The summed E-state index contributed by atoms with van der Waals surface area (Å²) >= 11 is 3.57. The van der Waals surface area contributed by atoms with Gasteiger partial charge in [0.25, 0.3) is 0 Å². The van der Waals surface area contributed by atoms with Gasteiger partial charge < -0.3 is 14.9 Å². The maximum Gasteiger partial charge on any atom is 0.189 e. The minimum atomic E-state index is 0.279. The lowest BCUT2D eigenvalue weighted by Crippen LogP contribution is -3.15. The molecule has 0 saturated carbocycles. The summed E-state index contributed by atoms with van der Waals surface area (Å²) in [6.45, 7) is 5.31. The summed E-state index contributed by atoms with van der Waals surface area (Å²) in [6.07, 6.45) is 7.04. The summed E-state index contributed by atoms with van der Waals surface area (Å²) in [6, 6.07) is 0. The van der Waals surface area contributed by atoms with Crippen molar-refractivity contribution in [3.8, 4) is 0 Å². The Morgan fingerprint density at radius 3 is 2.75 bits per heavy atom. The third-order valence-corrected chi connectivity index (χ3v) is 7.00. The van der Waals surface area contributed by atoms with Crippen LogP contribution in [0.5, 0.6) is 0 Å². The zero-order valence-electron chi connectivity index (χ0n) is 14.2. The summed E-state index contributed by atoms with van der Waals surface area (Å²) in [5, 5.41) is 10.0. The maximum absolute atomic E-state index is 9.15. The van der Waals surface area contributed by atoms with Crippen molar-refractivity contribution in [1.29, 1.82) is 0 Å². The van der Waals surface area contributed by atoms with Gasteiger partial charge in [0.2, 0.25) is 0 Å². The molecule has 0 unspecified atom stereocenters. The summed E-state index contributed by atoms with van der Waals surface area (Å²) < 4.78 is 1.30. The summed E-state index contributed by atoms with van der Waals surface area (Å²) in [7, 11) is 0. The summed E-state index contributed by atoms with van der Waals surface area (Å²) in [5.41, 5.74) is 2.71. The average molecular weight is 366 g/mol. The van der Waals surface area contributed by atoms with Gasteiger partial charge in [-0.15, -0.1) is 11.3 Å². The first-order valence-corrected chi connectivity index (χ1v) is 10.9. The summed E-state index contributed by atoms with van der Waals surface area (Å²) in [4.78, 5) is 15.2. The Kier molecular flexibility index (Phi) is 4.94. The van der Waals surface area contributed by atoms with Crippen LogP contribution in [0.3, 0.4) is 0 Å². The number of aliphatic hydroxyl groups is 1. The van der Waals surface area contributed by atoms with Gasteiger partial charge in [0.05, 0.1) is 43.0 Å². The number of aryl methyl sites for hydroxylation is 2. The van der Waals surface area contributed by atoms with Gasteiger partial charge >= 0.3 is 0 Å². The van der Waals surface area contributed by atoms with Crippen molar-refractivity contribution in [2.75, 3.05) is 50.5 Å². The van der Waals surface area contributed by atoms with E-state index in [1.54, 1.807) is 11.8 Å². The number of rotatable bonds is 4. The first-order chi connectivity index (χ1) is 11.8. The number of fused-ring (bicyclic) bond motifs is 3. The summed E-state index contributed by atoms with van der Waals surface area (Å²) in [5.74, 6) is 1.15.